The van der Waals surface area contributed by atoms with Crippen molar-refractivity contribution < 1.29 is 4.79 Å². The maximum atomic E-state index is 12.9. The fourth-order valence-corrected chi connectivity index (χ4v) is 4.54. The Kier molecular flexibility index (Phi) is 6.68. The SMILES string of the molecule is CCN(CC)C(=O)[C@@H]1C[C@@H](N)CN1C1CCN(Cc2ccccc2)CC1. The Balaban J connectivity index is 1.57. The lowest BCUT2D eigenvalue weighted by Crippen LogP contribution is -2.52. The summed E-state index contributed by atoms with van der Waals surface area (Å²) in [6.07, 6.45) is 3.06. The van der Waals surface area contributed by atoms with Gasteiger partial charge in [-0.2, -0.15) is 0 Å². The first-order chi connectivity index (χ1) is 12.6. The first kappa shape index (κ1) is 19.3. The van der Waals surface area contributed by atoms with Crippen LogP contribution in [0.15, 0.2) is 30.3 Å². The van der Waals surface area contributed by atoms with Crippen LogP contribution in [0.1, 0.15) is 38.7 Å². The average molecular weight is 359 g/mol. The maximum absolute atomic E-state index is 12.9. The Morgan fingerprint density at radius 2 is 1.81 bits per heavy atom. The monoisotopic (exact) mass is 358 g/mol. The predicted octanol–water partition coefficient (Wildman–Crippen LogP) is 1.92. The van der Waals surface area contributed by atoms with Gasteiger partial charge in [0, 0.05) is 38.3 Å². The van der Waals surface area contributed by atoms with Gasteiger partial charge in [-0.1, -0.05) is 30.3 Å². The number of likely N-dealkylation sites (tertiary alicyclic amines) is 2. The molecule has 2 fully saturated rings. The minimum Gasteiger partial charge on any atom is -0.342 e. The van der Waals surface area contributed by atoms with Crippen molar-refractivity contribution >= 4 is 5.91 Å². The molecule has 0 radical (unpaired) electrons. The highest BCUT2D eigenvalue weighted by Crippen LogP contribution is 2.27. The number of hydrogen-bond acceptors (Lipinski definition) is 4. The van der Waals surface area contributed by atoms with Crippen LogP contribution in [0.2, 0.25) is 0 Å². The molecule has 2 heterocycles. The van der Waals surface area contributed by atoms with E-state index in [1.54, 1.807) is 0 Å². The predicted molar refractivity (Wildman–Crippen MR) is 106 cm³/mol. The molecule has 0 unspecified atom stereocenters. The quantitative estimate of drug-likeness (QED) is 0.844. The largest absolute Gasteiger partial charge is 0.342 e. The van der Waals surface area contributed by atoms with Gasteiger partial charge in [0.05, 0.1) is 6.04 Å². The van der Waals surface area contributed by atoms with Gasteiger partial charge in [-0.05, 0) is 51.8 Å². The van der Waals surface area contributed by atoms with Gasteiger partial charge in [0.2, 0.25) is 5.91 Å². The highest BCUT2D eigenvalue weighted by atomic mass is 16.2. The van der Waals surface area contributed by atoms with Crippen molar-refractivity contribution in [2.45, 2.75) is 57.8 Å². The number of amides is 1. The minimum absolute atomic E-state index is 0.0180. The second-order valence-corrected chi connectivity index (χ2v) is 7.71. The number of hydrogen-bond donors (Lipinski definition) is 1. The summed E-state index contributed by atoms with van der Waals surface area (Å²) < 4.78 is 0. The fourth-order valence-electron chi connectivity index (χ4n) is 4.54. The van der Waals surface area contributed by atoms with Gasteiger partial charge in [-0.3, -0.25) is 14.6 Å². The molecule has 2 aliphatic rings. The zero-order valence-electron chi connectivity index (χ0n) is 16.3. The summed E-state index contributed by atoms with van der Waals surface area (Å²) >= 11 is 0. The smallest absolute Gasteiger partial charge is 0.239 e. The number of carbonyl (C=O) groups excluding carboxylic acids is 1. The average Bonchev–Trinajstić information content (AvgIpc) is 3.06. The number of rotatable bonds is 6. The number of likely N-dealkylation sites (N-methyl/N-ethyl adjacent to an activating group) is 1. The Morgan fingerprint density at radius 3 is 2.42 bits per heavy atom. The molecule has 26 heavy (non-hydrogen) atoms. The van der Waals surface area contributed by atoms with Gasteiger partial charge in [0.15, 0.2) is 0 Å². The van der Waals surface area contributed by atoms with Crippen LogP contribution in [-0.2, 0) is 11.3 Å². The third-order valence-electron chi connectivity index (χ3n) is 6.01. The molecule has 5 nitrogen and oxygen atoms in total. The van der Waals surface area contributed by atoms with Crippen LogP contribution in [0.4, 0.5) is 0 Å². The lowest BCUT2D eigenvalue weighted by atomic mass is 10.0. The summed E-state index contributed by atoms with van der Waals surface area (Å²) in [6, 6.07) is 11.3. The summed E-state index contributed by atoms with van der Waals surface area (Å²) in [5.41, 5.74) is 7.63. The summed E-state index contributed by atoms with van der Waals surface area (Å²) in [5, 5.41) is 0. The summed E-state index contributed by atoms with van der Waals surface area (Å²) in [4.78, 5) is 19.8. The van der Waals surface area contributed by atoms with Gasteiger partial charge in [-0.25, -0.2) is 0 Å². The van der Waals surface area contributed by atoms with Crippen molar-refractivity contribution in [1.82, 2.24) is 14.7 Å². The molecule has 0 bridgehead atoms. The molecule has 1 aromatic rings. The molecule has 5 heteroatoms. The normalized spacial score (nSPS) is 25.5. The van der Waals surface area contributed by atoms with E-state index in [1.807, 2.05) is 4.90 Å². The Hall–Kier alpha value is -1.43. The Labute approximate surface area is 158 Å². The highest BCUT2D eigenvalue weighted by molar-refractivity contribution is 5.82. The molecule has 0 aliphatic carbocycles. The van der Waals surface area contributed by atoms with Gasteiger partial charge >= 0.3 is 0 Å². The van der Waals surface area contributed by atoms with Crippen LogP contribution < -0.4 is 5.73 Å². The maximum Gasteiger partial charge on any atom is 0.239 e. The van der Waals surface area contributed by atoms with E-state index in [9.17, 15) is 4.79 Å². The van der Waals surface area contributed by atoms with E-state index >= 15 is 0 Å². The molecule has 0 aromatic heterocycles. The summed E-state index contributed by atoms with van der Waals surface area (Å²) in [5.74, 6) is 0.273. The van der Waals surface area contributed by atoms with Crippen LogP contribution in [0, 0.1) is 0 Å². The number of benzene rings is 1. The molecule has 3 rings (SSSR count). The second kappa shape index (κ2) is 8.98. The van der Waals surface area contributed by atoms with E-state index in [2.05, 4.69) is 54.0 Å². The van der Waals surface area contributed by atoms with E-state index in [0.717, 1.165) is 58.5 Å². The van der Waals surface area contributed by atoms with E-state index in [1.165, 1.54) is 5.56 Å². The van der Waals surface area contributed by atoms with Crippen molar-refractivity contribution in [2.75, 3.05) is 32.7 Å². The van der Waals surface area contributed by atoms with E-state index in [-0.39, 0.29) is 18.0 Å². The van der Waals surface area contributed by atoms with Crippen LogP contribution in [0.3, 0.4) is 0 Å². The zero-order chi connectivity index (χ0) is 18.5. The Morgan fingerprint density at radius 1 is 1.15 bits per heavy atom. The van der Waals surface area contributed by atoms with Crippen LogP contribution in [0.5, 0.6) is 0 Å². The van der Waals surface area contributed by atoms with Crippen molar-refractivity contribution in [1.29, 1.82) is 0 Å². The van der Waals surface area contributed by atoms with Crippen molar-refractivity contribution in [3.63, 3.8) is 0 Å². The summed E-state index contributed by atoms with van der Waals surface area (Å²) in [7, 11) is 0. The molecule has 144 valence electrons. The van der Waals surface area contributed by atoms with Gasteiger partial charge in [0.1, 0.15) is 0 Å². The molecule has 2 aliphatic heterocycles. The molecular formula is C21H34N4O. The van der Waals surface area contributed by atoms with Crippen LogP contribution in [-0.4, -0.2) is 71.5 Å². The van der Waals surface area contributed by atoms with Crippen molar-refractivity contribution in [2.24, 2.45) is 5.73 Å². The molecule has 2 saturated heterocycles. The van der Waals surface area contributed by atoms with Crippen LogP contribution in [0.25, 0.3) is 0 Å². The van der Waals surface area contributed by atoms with Crippen molar-refractivity contribution in [3.8, 4) is 0 Å². The van der Waals surface area contributed by atoms with Gasteiger partial charge in [-0.15, -0.1) is 0 Å². The third-order valence-corrected chi connectivity index (χ3v) is 6.01. The van der Waals surface area contributed by atoms with E-state index < -0.39 is 0 Å². The standard InChI is InChI=1S/C21H34N4O/c1-3-24(4-2)21(26)20-14-18(22)16-25(20)19-10-12-23(13-11-19)15-17-8-6-5-7-9-17/h5-9,18-20H,3-4,10-16,22H2,1-2H3/t18-,20+/m1/s1. The first-order valence-electron chi connectivity index (χ1n) is 10.2. The van der Waals surface area contributed by atoms with Gasteiger partial charge < -0.3 is 10.6 Å². The number of nitrogens with two attached hydrogens (primary N) is 1. The van der Waals surface area contributed by atoms with Gasteiger partial charge in [0.25, 0.3) is 0 Å². The third kappa shape index (κ3) is 4.45. The second-order valence-electron chi connectivity index (χ2n) is 7.71. The number of carbonyl (C=O) groups is 1. The molecule has 0 spiro atoms. The van der Waals surface area contributed by atoms with Crippen molar-refractivity contribution in [3.05, 3.63) is 35.9 Å². The highest BCUT2D eigenvalue weighted by Gasteiger charge is 2.41. The minimum atomic E-state index is -0.0180. The zero-order valence-corrected chi connectivity index (χ0v) is 16.3. The lowest BCUT2D eigenvalue weighted by Gasteiger charge is -2.40. The van der Waals surface area contributed by atoms with Crippen LogP contribution >= 0.6 is 0 Å². The van der Waals surface area contributed by atoms with E-state index in [4.69, 9.17) is 5.73 Å². The molecule has 0 saturated carbocycles. The lowest BCUT2D eigenvalue weighted by molar-refractivity contribution is -0.136. The molecule has 2 N–H and O–H groups in total. The summed E-state index contributed by atoms with van der Waals surface area (Å²) in [6.45, 7) is 9.76. The topological polar surface area (TPSA) is 52.8 Å². The number of piperidine rings is 1. The molecule has 2 atom stereocenters. The molecular weight excluding hydrogens is 324 g/mol. The molecule has 1 aromatic carbocycles. The number of nitrogens with zero attached hydrogens (tertiary/aromatic N) is 3. The molecule has 1 amide bonds. The fraction of sp³-hybridized carbons (Fsp3) is 0.667. The van der Waals surface area contributed by atoms with E-state index in [0.29, 0.717) is 6.04 Å². The first-order valence-corrected chi connectivity index (χ1v) is 10.2. The Bertz CT molecular complexity index is 567.